The van der Waals surface area contributed by atoms with Crippen molar-refractivity contribution in [3.05, 3.63) is 77.4 Å². The fourth-order valence-electron chi connectivity index (χ4n) is 2.45. The van der Waals surface area contributed by atoms with Crippen LogP contribution < -0.4 is 10.6 Å². The Morgan fingerprint density at radius 3 is 2.54 bits per heavy atom. The van der Waals surface area contributed by atoms with Crippen molar-refractivity contribution in [2.45, 2.75) is 13.3 Å². The Morgan fingerprint density at radius 1 is 1.04 bits per heavy atom. The van der Waals surface area contributed by atoms with Crippen LogP contribution in [0, 0.1) is 18.3 Å². The van der Waals surface area contributed by atoms with Crippen molar-refractivity contribution in [2.75, 3.05) is 10.6 Å². The summed E-state index contributed by atoms with van der Waals surface area (Å²) in [6.07, 6.45) is 0.287. The van der Waals surface area contributed by atoms with Crippen molar-refractivity contribution >= 4 is 23.2 Å². The first-order valence-corrected chi connectivity index (χ1v) is 8.09. The van der Waals surface area contributed by atoms with Gasteiger partial charge in [0.15, 0.2) is 11.6 Å². The molecule has 3 aromatic rings. The molecule has 0 fully saturated rings. The first-order valence-electron chi connectivity index (χ1n) is 8.09. The van der Waals surface area contributed by atoms with Gasteiger partial charge in [0, 0.05) is 5.69 Å². The molecule has 128 valence electrons. The molecule has 0 atom stereocenters. The molecule has 2 N–H and O–H groups in total. The molecule has 2 aromatic carbocycles. The summed E-state index contributed by atoms with van der Waals surface area (Å²) < 4.78 is 0. The molecule has 0 unspecified atom stereocenters. The number of nitrogens with zero attached hydrogens (tertiary/aromatic N) is 3. The lowest BCUT2D eigenvalue weighted by Crippen LogP contribution is -2.16. The zero-order valence-electron chi connectivity index (χ0n) is 14.2. The van der Waals surface area contributed by atoms with Crippen LogP contribution in [0.5, 0.6) is 0 Å². The average Bonchev–Trinajstić information content (AvgIpc) is 2.65. The maximum Gasteiger partial charge on any atom is 0.230 e. The molecule has 26 heavy (non-hydrogen) atoms. The average molecular weight is 343 g/mol. The van der Waals surface area contributed by atoms with Crippen molar-refractivity contribution in [3.8, 4) is 6.07 Å². The highest BCUT2D eigenvalue weighted by Crippen LogP contribution is 2.16. The molecule has 0 aliphatic rings. The van der Waals surface area contributed by atoms with Crippen molar-refractivity contribution in [1.82, 2.24) is 10.2 Å². The van der Waals surface area contributed by atoms with Gasteiger partial charge >= 0.3 is 0 Å². The predicted molar refractivity (Wildman–Crippen MR) is 100.0 cm³/mol. The topological polar surface area (TPSA) is 90.7 Å². The molecule has 6 nitrogen and oxygen atoms in total. The summed E-state index contributed by atoms with van der Waals surface area (Å²) in [6.45, 7) is 1.98. The molecule has 0 bridgehead atoms. The van der Waals surface area contributed by atoms with Gasteiger partial charge in [-0.2, -0.15) is 5.26 Å². The van der Waals surface area contributed by atoms with Crippen LogP contribution in [-0.2, 0) is 11.2 Å². The number of hydrogen-bond acceptors (Lipinski definition) is 5. The number of nitrogens with one attached hydrogen (secondary N) is 2. The second-order valence-corrected chi connectivity index (χ2v) is 5.77. The number of carbonyl (C=O) groups is 1. The van der Waals surface area contributed by atoms with E-state index in [1.165, 1.54) is 0 Å². The number of benzene rings is 2. The van der Waals surface area contributed by atoms with Gasteiger partial charge in [0.25, 0.3) is 0 Å². The van der Waals surface area contributed by atoms with Crippen LogP contribution in [0.25, 0.3) is 0 Å². The van der Waals surface area contributed by atoms with E-state index in [0.717, 1.165) is 16.8 Å². The lowest BCUT2D eigenvalue weighted by Gasteiger charge is -2.08. The molecule has 1 amide bonds. The van der Waals surface area contributed by atoms with E-state index in [-0.39, 0.29) is 12.3 Å². The highest BCUT2D eigenvalue weighted by molar-refractivity contribution is 5.91. The summed E-state index contributed by atoms with van der Waals surface area (Å²) in [5.74, 6) is 0.771. The van der Waals surface area contributed by atoms with E-state index in [1.54, 1.807) is 30.3 Å². The number of rotatable bonds is 5. The highest BCUT2D eigenvalue weighted by atomic mass is 16.1. The number of aryl methyl sites for hydroxylation is 1. The lowest BCUT2D eigenvalue weighted by molar-refractivity contribution is -0.115. The fraction of sp³-hybridized carbons (Fsp3) is 0.100. The summed E-state index contributed by atoms with van der Waals surface area (Å²) >= 11 is 0. The van der Waals surface area contributed by atoms with E-state index in [4.69, 9.17) is 5.26 Å². The van der Waals surface area contributed by atoms with E-state index < -0.39 is 0 Å². The number of aromatic nitrogens is 2. The van der Waals surface area contributed by atoms with Crippen LogP contribution in [0.2, 0.25) is 0 Å². The second kappa shape index (κ2) is 7.90. The number of anilines is 3. The largest absolute Gasteiger partial charge is 0.339 e. The van der Waals surface area contributed by atoms with Gasteiger partial charge in [-0.15, -0.1) is 10.2 Å². The quantitative estimate of drug-likeness (QED) is 0.739. The Balaban J connectivity index is 1.61. The van der Waals surface area contributed by atoms with Gasteiger partial charge < -0.3 is 10.6 Å². The van der Waals surface area contributed by atoms with Gasteiger partial charge in [0.2, 0.25) is 5.91 Å². The zero-order chi connectivity index (χ0) is 18.4. The Hall–Kier alpha value is -3.72. The monoisotopic (exact) mass is 343 g/mol. The summed E-state index contributed by atoms with van der Waals surface area (Å²) in [6, 6.07) is 20.3. The zero-order valence-corrected chi connectivity index (χ0v) is 14.2. The Bertz CT molecular complexity index is 960. The second-order valence-electron chi connectivity index (χ2n) is 5.77. The van der Waals surface area contributed by atoms with Crippen LogP contribution in [-0.4, -0.2) is 16.1 Å². The maximum absolute atomic E-state index is 12.2. The minimum Gasteiger partial charge on any atom is -0.339 e. The molecule has 0 aliphatic heterocycles. The third-order valence-corrected chi connectivity index (χ3v) is 3.81. The van der Waals surface area contributed by atoms with E-state index in [1.807, 2.05) is 37.3 Å². The molecule has 6 heteroatoms. The number of nitriles is 1. The smallest absolute Gasteiger partial charge is 0.230 e. The maximum atomic E-state index is 12.2. The number of amides is 1. The lowest BCUT2D eigenvalue weighted by atomic mass is 10.1. The van der Waals surface area contributed by atoms with Gasteiger partial charge in [0.05, 0.1) is 18.1 Å². The standard InChI is InChI=1S/C20H17N5O/c1-14-5-2-3-7-16(14)12-20(26)23-19-10-9-18(24-25-19)22-17-8-4-6-15(11-17)13-21/h2-11H,12H2,1H3,(H,22,24)(H,23,25,26). The Labute approximate surface area is 151 Å². The van der Waals surface area contributed by atoms with Crippen molar-refractivity contribution in [3.63, 3.8) is 0 Å². The highest BCUT2D eigenvalue weighted by Gasteiger charge is 2.07. The van der Waals surface area contributed by atoms with Crippen LogP contribution in [0.3, 0.4) is 0 Å². The van der Waals surface area contributed by atoms with Crippen molar-refractivity contribution in [1.29, 1.82) is 5.26 Å². The van der Waals surface area contributed by atoms with Crippen molar-refractivity contribution < 1.29 is 4.79 Å². The minimum atomic E-state index is -0.143. The molecule has 0 saturated heterocycles. The summed E-state index contributed by atoms with van der Waals surface area (Å²) in [5.41, 5.74) is 3.36. The van der Waals surface area contributed by atoms with E-state index in [0.29, 0.717) is 17.2 Å². The number of carbonyl (C=O) groups excluding carboxylic acids is 1. The first kappa shape index (κ1) is 17.1. The van der Waals surface area contributed by atoms with Crippen LogP contribution in [0.4, 0.5) is 17.3 Å². The van der Waals surface area contributed by atoms with E-state index in [9.17, 15) is 4.79 Å². The molecule has 0 aliphatic carbocycles. The third-order valence-electron chi connectivity index (χ3n) is 3.81. The minimum absolute atomic E-state index is 0.143. The molecule has 1 aromatic heterocycles. The molecular formula is C20H17N5O. The molecule has 0 saturated carbocycles. The fourth-order valence-corrected chi connectivity index (χ4v) is 2.45. The molecule has 1 heterocycles. The first-order chi connectivity index (χ1) is 12.6. The third kappa shape index (κ3) is 4.42. The Kier molecular flexibility index (Phi) is 5.20. The number of hydrogen-bond donors (Lipinski definition) is 2. The van der Waals surface area contributed by atoms with Gasteiger partial charge in [-0.05, 0) is 48.4 Å². The van der Waals surface area contributed by atoms with Crippen molar-refractivity contribution in [2.24, 2.45) is 0 Å². The van der Waals surface area contributed by atoms with Crippen LogP contribution in [0.15, 0.2) is 60.7 Å². The normalized spacial score (nSPS) is 10.0. The van der Waals surface area contributed by atoms with Crippen LogP contribution >= 0.6 is 0 Å². The molecule has 0 spiro atoms. The van der Waals surface area contributed by atoms with Crippen LogP contribution in [0.1, 0.15) is 16.7 Å². The van der Waals surface area contributed by atoms with Gasteiger partial charge in [0.1, 0.15) is 0 Å². The molecular weight excluding hydrogens is 326 g/mol. The summed E-state index contributed by atoms with van der Waals surface area (Å²) in [5, 5.41) is 22.8. The van der Waals surface area contributed by atoms with E-state index in [2.05, 4.69) is 26.9 Å². The SMILES string of the molecule is Cc1ccccc1CC(=O)Nc1ccc(Nc2cccc(C#N)c2)nn1. The van der Waals surface area contributed by atoms with Gasteiger partial charge in [-0.1, -0.05) is 30.3 Å². The predicted octanol–water partition coefficient (Wildman–Crippen LogP) is 3.58. The molecule has 3 rings (SSSR count). The Morgan fingerprint density at radius 2 is 1.81 bits per heavy atom. The van der Waals surface area contributed by atoms with E-state index >= 15 is 0 Å². The summed E-state index contributed by atoms with van der Waals surface area (Å²) in [7, 11) is 0. The van der Waals surface area contributed by atoms with Gasteiger partial charge in [-0.3, -0.25) is 4.79 Å². The molecule has 0 radical (unpaired) electrons. The summed E-state index contributed by atoms with van der Waals surface area (Å²) in [4.78, 5) is 12.2. The van der Waals surface area contributed by atoms with Gasteiger partial charge in [-0.25, -0.2) is 0 Å².